The van der Waals surface area contributed by atoms with Gasteiger partial charge in [0.1, 0.15) is 10.7 Å². The first-order valence-corrected chi connectivity index (χ1v) is 9.99. The van der Waals surface area contributed by atoms with Gasteiger partial charge in [-0.15, -0.1) is 0 Å². The van der Waals surface area contributed by atoms with Crippen LogP contribution in [0.5, 0.6) is 0 Å². The van der Waals surface area contributed by atoms with Gasteiger partial charge in [0.2, 0.25) is 0 Å². The quantitative estimate of drug-likeness (QED) is 0.347. The van der Waals surface area contributed by atoms with Gasteiger partial charge in [-0.3, -0.25) is 4.79 Å². The summed E-state index contributed by atoms with van der Waals surface area (Å²) in [5.41, 5.74) is 3.13. The van der Waals surface area contributed by atoms with E-state index in [0.717, 1.165) is 31.9 Å². The predicted octanol–water partition coefficient (Wildman–Crippen LogP) is 6.27. The van der Waals surface area contributed by atoms with Crippen molar-refractivity contribution in [3.8, 4) is 16.9 Å². The number of halogens is 1. The van der Waals surface area contributed by atoms with Crippen molar-refractivity contribution < 1.29 is 4.79 Å². The van der Waals surface area contributed by atoms with E-state index < -0.39 is 0 Å². The van der Waals surface area contributed by atoms with Crippen molar-refractivity contribution in [1.29, 1.82) is 0 Å². The second-order valence-electron chi connectivity index (χ2n) is 5.85. The van der Waals surface area contributed by atoms with E-state index in [1.807, 2.05) is 89.6 Å². The highest BCUT2D eigenvalue weighted by Crippen LogP contribution is 2.36. The molecule has 27 heavy (non-hydrogen) atoms. The molecule has 0 fully saturated rings. The number of benzene rings is 3. The fourth-order valence-electron chi connectivity index (χ4n) is 2.79. The number of nitrogens with zero attached hydrogens (tertiary/aromatic N) is 2. The monoisotopic (exact) mass is 434 g/mol. The molecule has 0 unspecified atom stereocenters. The van der Waals surface area contributed by atoms with Crippen molar-refractivity contribution >= 4 is 34.0 Å². The topological polar surface area (TPSA) is 34.9 Å². The van der Waals surface area contributed by atoms with E-state index in [9.17, 15) is 4.79 Å². The minimum Gasteiger partial charge on any atom is -0.298 e. The molecule has 4 rings (SSSR count). The van der Waals surface area contributed by atoms with Crippen molar-refractivity contribution in [3.63, 3.8) is 0 Å². The molecule has 0 saturated heterocycles. The molecule has 0 aliphatic carbocycles. The summed E-state index contributed by atoms with van der Waals surface area (Å²) in [4.78, 5) is 13.1. The van der Waals surface area contributed by atoms with Crippen molar-refractivity contribution in [3.05, 3.63) is 95.0 Å². The Hall–Kier alpha value is -2.63. The fourth-order valence-corrected chi connectivity index (χ4v) is 4.03. The number of carbonyl (C=O) groups excluding carboxylic acids is 1. The van der Waals surface area contributed by atoms with Gasteiger partial charge in [-0.25, -0.2) is 4.68 Å². The number of para-hydroxylation sites is 1. The molecule has 0 saturated carbocycles. The van der Waals surface area contributed by atoms with Crippen molar-refractivity contribution in [1.82, 2.24) is 9.78 Å². The first kappa shape index (κ1) is 17.8. The summed E-state index contributed by atoms with van der Waals surface area (Å²) in [5.74, 6) is 0. The maximum atomic E-state index is 12.0. The second kappa shape index (κ2) is 7.94. The van der Waals surface area contributed by atoms with Crippen molar-refractivity contribution in [2.75, 3.05) is 0 Å². The lowest BCUT2D eigenvalue weighted by Gasteiger charge is -2.07. The third kappa shape index (κ3) is 3.75. The summed E-state index contributed by atoms with van der Waals surface area (Å²) >= 11 is 4.99. The molecule has 0 radical (unpaired) electrons. The van der Waals surface area contributed by atoms with Gasteiger partial charge in [0.05, 0.1) is 11.3 Å². The molecular weight excluding hydrogens is 420 g/mol. The van der Waals surface area contributed by atoms with Gasteiger partial charge < -0.3 is 0 Å². The van der Waals surface area contributed by atoms with E-state index in [2.05, 4.69) is 15.9 Å². The Morgan fingerprint density at radius 2 is 1.48 bits per heavy atom. The van der Waals surface area contributed by atoms with Crippen LogP contribution in [0.3, 0.4) is 0 Å². The number of hydrogen-bond donors (Lipinski definition) is 0. The maximum Gasteiger partial charge on any atom is 0.155 e. The van der Waals surface area contributed by atoms with Crippen LogP contribution in [-0.4, -0.2) is 16.1 Å². The predicted molar refractivity (Wildman–Crippen MR) is 113 cm³/mol. The van der Waals surface area contributed by atoms with Gasteiger partial charge in [-0.1, -0.05) is 76.2 Å². The SMILES string of the molecule is O=Cc1c(-c2ccccc2)nn(-c2ccccc2)c1Sc1ccc(Br)cc1. The molecule has 0 amide bonds. The van der Waals surface area contributed by atoms with Gasteiger partial charge in [0, 0.05) is 14.9 Å². The van der Waals surface area contributed by atoms with Crippen LogP contribution in [0.25, 0.3) is 16.9 Å². The zero-order valence-corrected chi connectivity index (χ0v) is 16.7. The minimum absolute atomic E-state index is 0.595. The standard InChI is InChI=1S/C22H15BrN2OS/c23-17-11-13-19(14-12-17)27-22-20(15-26)21(16-7-3-1-4-8-16)24-25(22)18-9-5-2-6-10-18/h1-15H. The van der Waals surface area contributed by atoms with Crippen molar-refractivity contribution in [2.45, 2.75) is 9.92 Å². The number of rotatable bonds is 5. The summed E-state index contributed by atoms with van der Waals surface area (Å²) in [6.07, 6.45) is 0.899. The van der Waals surface area contributed by atoms with E-state index in [-0.39, 0.29) is 0 Å². The van der Waals surface area contributed by atoms with Gasteiger partial charge in [-0.05, 0) is 36.4 Å². The molecule has 3 nitrogen and oxygen atoms in total. The minimum atomic E-state index is 0.595. The van der Waals surface area contributed by atoms with Crippen LogP contribution in [-0.2, 0) is 0 Å². The Bertz CT molecular complexity index is 1060. The molecule has 4 aromatic rings. The van der Waals surface area contributed by atoms with Crippen LogP contribution in [0.1, 0.15) is 10.4 Å². The highest BCUT2D eigenvalue weighted by Gasteiger charge is 2.20. The third-order valence-corrected chi connectivity index (χ3v) is 5.69. The Balaban J connectivity index is 1.90. The molecule has 0 N–H and O–H groups in total. The van der Waals surface area contributed by atoms with Crippen LogP contribution in [0.4, 0.5) is 0 Å². The number of carbonyl (C=O) groups is 1. The molecular formula is C22H15BrN2OS. The Kier molecular flexibility index (Phi) is 5.23. The molecule has 5 heteroatoms. The van der Waals surface area contributed by atoms with E-state index in [1.165, 1.54) is 11.8 Å². The van der Waals surface area contributed by atoms with E-state index >= 15 is 0 Å². The average Bonchev–Trinajstić information content (AvgIpc) is 3.09. The molecule has 0 atom stereocenters. The van der Waals surface area contributed by atoms with E-state index in [4.69, 9.17) is 5.10 Å². The highest BCUT2D eigenvalue weighted by atomic mass is 79.9. The zero-order valence-electron chi connectivity index (χ0n) is 14.2. The fraction of sp³-hybridized carbons (Fsp3) is 0. The van der Waals surface area contributed by atoms with E-state index in [0.29, 0.717) is 11.3 Å². The zero-order chi connectivity index (χ0) is 18.6. The first-order valence-electron chi connectivity index (χ1n) is 8.39. The molecule has 1 heterocycles. The van der Waals surface area contributed by atoms with Crippen LogP contribution >= 0.6 is 27.7 Å². The summed E-state index contributed by atoms with van der Waals surface area (Å²) < 4.78 is 2.86. The molecule has 0 aliphatic heterocycles. The van der Waals surface area contributed by atoms with Crippen LogP contribution in [0, 0.1) is 0 Å². The van der Waals surface area contributed by atoms with Crippen LogP contribution < -0.4 is 0 Å². The number of hydrogen-bond acceptors (Lipinski definition) is 3. The molecule has 0 aliphatic rings. The lowest BCUT2D eigenvalue weighted by Crippen LogP contribution is -1.98. The lowest BCUT2D eigenvalue weighted by atomic mass is 10.1. The Labute approximate surface area is 170 Å². The molecule has 1 aromatic heterocycles. The largest absolute Gasteiger partial charge is 0.298 e. The van der Waals surface area contributed by atoms with Gasteiger partial charge in [0.25, 0.3) is 0 Å². The molecule has 0 spiro atoms. The average molecular weight is 435 g/mol. The second-order valence-corrected chi connectivity index (χ2v) is 7.83. The first-order chi connectivity index (χ1) is 13.3. The van der Waals surface area contributed by atoms with Gasteiger partial charge in [-0.2, -0.15) is 5.10 Å². The highest BCUT2D eigenvalue weighted by molar-refractivity contribution is 9.10. The molecule has 0 bridgehead atoms. The summed E-state index contributed by atoms with van der Waals surface area (Å²) in [6.45, 7) is 0. The third-order valence-electron chi connectivity index (χ3n) is 4.07. The Morgan fingerprint density at radius 3 is 2.11 bits per heavy atom. The van der Waals surface area contributed by atoms with Crippen LogP contribution in [0.2, 0.25) is 0 Å². The smallest absolute Gasteiger partial charge is 0.155 e. The maximum absolute atomic E-state index is 12.0. The molecule has 132 valence electrons. The Morgan fingerprint density at radius 1 is 0.852 bits per heavy atom. The van der Waals surface area contributed by atoms with Crippen LogP contribution in [0.15, 0.2) is 99.3 Å². The normalized spacial score (nSPS) is 10.7. The lowest BCUT2D eigenvalue weighted by molar-refractivity contribution is 0.112. The number of aromatic nitrogens is 2. The van der Waals surface area contributed by atoms with Gasteiger partial charge in [0.15, 0.2) is 6.29 Å². The van der Waals surface area contributed by atoms with E-state index in [1.54, 1.807) is 0 Å². The summed E-state index contributed by atoms with van der Waals surface area (Å²) in [7, 11) is 0. The summed E-state index contributed by atoms with van der Waals surface area (Å²) in [5, 5.41) is 5.59. The summed E-state index contributed by atoms with van der Waals surface area (Å²) in [6, 6.07) is 27.7. The van der Waals surface area contributed by atoms with Crippen molar-refractivity contribution in [2.24, 2.45) is 0 Å². The van der Waals surface area contributed by atoms with Gasteiger partial charge >= 0.3 is 0 Å². The number of aldehydes is 1. The molecule has 3 aromatic carbocycles.